The van der Waals surface area contributed by atoms with Gasteiger partial charge in [0.05, 0.1) is 16.9 Å². The normalized spacial score (nSPS) is 26.4. The number of nitrogens with zero attached hydrogens (tertiary/aromatic N) is 3. The van der Waals surface area contributed by atoms with Crippen LogP contribution >= 0.6 is 11.8 Å². The molecule has 0 spiro atoms. The topological polar surface area (TPSA) is 47.8 Å². The Labute approximate surface area is 222 Å². The maximum Gasteiger partial charge on any atom is 0.161 e. The van der Waals surface area contributed by atoms with Crippen LogP contribution in [0.1, 0.15) is 49.8 Å². The predicted molar refractivity (Wildman–Crippen MR) is 149 cm³/mol. The van der Waals surface area contributed by atoms with Gasteiger partial charge in [0, 0.05) is 27.5 Å². The number of aromatic nitrogens is 3. The lowest BCUT2D eigenvalue weighted by Gasteiger charge is -2.55. The molecule has 4 saturated carbocycles. The van der Waals surface area contributed by atoms with E-state index in [4.69, 9.17) is 5.10 Å². The summed E-state index contributed by atoms with van der Waals surface area (Å²) in [5.74, 6) is 2.62. The zero-order chi connectivity index (χ0) is 25.0. The van der Waals surface area contributed by atoms with E-state index in [-0.39, 0.29) is 5.41 Å². The van der Waals surface area contributed by atoms with E-state index < -0.39 is 0 Å². The highest BCUT2D eigenvalue weighted by atomic mass is 32.2. The van der Waals surface area contributed by atoms with Crippen LogP contribution in [0.5, 0.6) is 0 Å². The van der Waals surface area contributed by atoms with Gasteiger partial charge in [-0.3, -0.25) is 9.78 Å². The number of hydrogen-bond donors (Lipinski definition) is 0. The quantitative estimate of drug-likeness (QED) is 0.252. The fourth-order valence-electron chi connectivity index (χ4n) is 7.56. The fraction of sp³-hybridized carbons (Fsp3) is 0.344. The molecular weight excluding hydrogens is 474 g/mol. The number of aryl methyl sites for hydroxylation is 1. The van der Waals surface area contributed by atoms with Crippen LogP contribution in [0, 0.1) is 30.1 Å². The molecule has 0 aliphatic heterocycles. The van der Waals surface area contributed by atoms with E-state index in [1.165, 1.54) is 19.3 Å². The highest BCUT2D eigenvalue weighted by Crippen LogP contribution is 2.60. The van der Waals surface area contributed by atoms with E-state index in [0.29, 0.717) is 5.78 Å². The number of allylic oxidation sites excluding steroid dienone is 1. The summed E-state index contributed by atoms with van der Waals surface area (Å²) in [7, 11) is 0. The van der Waals surface area contributed by atoms with E-state index in [1.807, 2.05) is 54.2 Å². The molecule has 4 aromatic rings. The van der Waals surface area contributed by atoms with Crippen molar-refractivity contribution < 1.29 is 4.79 Å². The van der Waals surface area contributed by atoms with E-state index >= 15 is 0 Å². The maximum absolute atomic E-state index is 13.8. The summed E-state index contributed by atoms with van der Waals surface area (Å²) in [6, 6.07) is 20.6. The Balaban J connectivity index is 1.28. The largest absolute Gasteiger partial charge is 0.294 e. The van der Waals surface area contributed by atoms with Gasteiger partial charge in [-0.1, -0.05) is 48.2 Å². The minimum absolute atomic E-state index is 0.124. The maximum atomic E-state index is 13.8. The number of fused-ring (bicyclic) bond motifs is 1. The average molecular weight is 506 g/mol. The van der Waals surface area contributed by atoms with Crippen LogP contribution in [0.2, 0.25) is 0 Å². The third-order valence-corrected chi connectivity index (χ3v) is 9.96. The van der Waals surface area contributed by atoms with Gasteiger partial charge in [-0.15, -0.1) is 0 Å². The van der Waals surface area contributed by atoms with Crippen molar-refractivity contribution in [2.24, 2.45) is 23.2 Å². The number of rotatable bonds is 6. The number of carbonyl (C=O) groups is 1. The molecule has 0 atom stereocenters. The van der Waals surface area contributed by atoms with Gasteiger partial charge in [-0.2, -0.15) is 5.10 Å². The van der Waals surface area contributed by atoms with Crippen LogP contribution in [0.4, 0.5) is 0 Å². The van der Waals surface area contributed by atoms with Gasteiger partial charge >= 0.3 is 0 Å². The Bertz CT molecular complexity index is 1480. The summed E-state index contributed by atoms with van der Waals surface area (Å²) < 4.78 is 2.01. The second-order valence-electron chi connectivity index (χ2n) is 11.4. The third-order valence-electron chi connectivity index (χ3n) is 8.83. The number of hydrogen-bond acceptors (Lipinski definition) is 4. The number of ketones is 1. The molecule has 4 aliphatic carbocycles. The van der Waals surface area contributed by atoms with E-state index in [9.17, 15) is 4.79 Å². The van der Waals surface area contributed by atoms with Gasteiger partial charge in [-0.25, -0.2) is 4.68 Å². The van der Waals surface area contributed by atoms with Crippen LogP contribution in [0.25, 0.3) is 22.7 Å². The number of pyridine rings is 1. The Morgan fingerprint density at radius 2 is 1.65 bits per heavy atom. The molecule has 0 radical (unpaired) electrons. The minimum Gasteiger partial charge on any atom is -0.294 e. The first-order valence-electron chi connectivity index (χ1n) is 13.5. The molecule has 4 nitrogen and oxygen atoms in total. The van der Waals surface area contributed by atoms with Crippen LogP contribution in [-0.2, 0) is 4.79 Å². The van der Waals surface area contributed by atoms with Crippen molar-refractivity contribution in [1.82, 2.24) is 14.8 Å². The molecule has 4 aliphatic rings. The molecule has 0 unspecified atom stereocenters. The second-order valence-corrected chi connectivity index (χ2v) is 12.4. The smallest absolute Gasteiger partial charge is 0.161 e. The lowest BCUT2D eigenvalue weighted by atomic mass is 9.48. The Morgan fingerprint density at radius 1 is 0.946 bits per heavy atom. The van der Waals surface area contributed by atoms with Crippen molar-refractivity contribution in [3.63, 3.8) is 0 Å². The molecule has 37 heavy (non-hydrogen) atoms. The van der Waals surface area contributed by atoms with E-state index in [1.54, 1.807) is 11.8 Å². The van der Waals surface area contributed by atoms with Crippen LogP contribution in [0.15, 0.2) is 82.9 Å². The molecular formula is C32H31N3OS. The lowest BCUT2D eigenvalue weighted by Crippen LogP contribution is -2.49. The van der Waals surface area contributed by atoms with Crippen LogP contribution < -0.4 is 0 Å². The second kappa shape index (κ2) is 8.98. The van der Waals surface area contributed by atoms with Crippen molar-refractivity contribution in [3.8, 4) is 5.69 Å². The average Bonchev–Trinajstić information content (AvgIpc) is 3.22. The van der Waals surface area contributed by atoms with Gasteiger partial charge < -0.3 is 0 Å². The molecule has 2 aromatic heterocycles. The molecule has 4 fully saturated rings. The zero-order valence-electron chi connectivity index (χ0n) is 21.1. The standard InChI is InChI=1S/C32H31N3OS/c1-21-27(12-13-29(36)32-18-22-15-23(19-32)17-24(16-22)20-32)31(35(34-21)26-9-3-2-4-10-26)37-28-11-5-7-25-8-6-14-33-30(25)28/h2-14,22-24H,15-20H2,1H3/b13-12+. The first kappa shape index (κ1) is 23.0. The zero-order valence-corrected chi connectivity index (χ0v) is 22.0. The summed E-state index contributed by atoms with van der Waals surface area (Å²) in [6.45, 7) is 2.04. The SMILES string of the molecule is Cc1nn(-c2ccccc2)c(Sc2cccc3cccnc23)c1/C=C/C(=O)C12CC3CC(CC(C3)C1)C2. The van der Waals surface area contributed by atoms with Crippen molar-refractivity contribution >= 4 is 34.5 Å². The molecule has 0 saturated heterocycles. The van der Waals surface area contributed by atoms with Gasteiger partial charge in [0.2, 0.25) is 0 Å². The molecule has 2 heterocycles. The van der Waals surface area contributed by atoms with Gasteiger partial charge in [0.1, 0.15) is 5.03 Å². The lowest BCUT2D eigenvalue weighted by molar-refractivity contribution is -0.138. The van der Waals surface area contributed by atoms with Crippen LogP contribution in [0.3, 0.4) is 0 Å². The summed E-state index contributed by atoms with van der Waals surface area (Å²) >= 11 is 1.67. The molecule has 5 heteroatoms. The highest BCUT2D eigenvalue weighted by molar-refractivity contribution is 7.99. The first-order valence-corrected chi connectivity index (χ1v) is 14.3. The number of para-hydroxylation sites is 2. The van der Waals surface area contributed by atoms with E-state index in [0.717, 1.165) is 74.8 Å². The van der Waals surface area contributed by atoms with Crippen molar-refractivity contribution in [3.05, 3.63) is 84.2 Å². The fourth-order valence-corrected chi connectivity index (χ4v) is 8.74. The number of benzene rings is 2. The molecule has 2 aromatic carbocycles. The van der Waals surface area contributed by atoms with Crippen LogP contribution in [-0.4, -0.2) is 20.5 Å². The van der Waals surface area contributed by atoms with Gasteiger partial charge in [0.25, 0.3) is 0 Å². The van der Waals surface area contributed by atoms with Crippen molar-refractivity contribution in [2.75, 3.05) is 0 Å². The summed E-state index contributed by atoms with van der Waals surface area (Å²) in [5, 5.41) is 7.07. The monoisotopic (exact) mass is 505 g/mol. The Kier molecular flexibility index (Phi) is 5.58. The summed E-state index contributed by atoms with van der Waals surface area (Å²) in [4.78, 5) is 19.5. The molecule has 0 amide bonds. The van der Waals surface area contributed by atoms with Crippen molar-refractivity contribution in [2.45, 2.75) is 55.4 Å². The van der Waals surface area contributed by atoms with Gasteiger partial charge in [-0.05, 0) is 99.6 Å². The molecule has 0 N–H and O–H groups in total. The van der Waals surface area contributed by atoms with E-state index in [2.05, 4.69) is 41.4 Å². The minimum atomic E-state index is -0.124. The highest BCUT2D eigenvalue weighted by Gasteiger charge is 2.53. The number of carbonyl (C=O) groups excluding carboxylic acids is 1. The molecule has 4 bridgehead atoms. The van der Waals surface area contributed by atoms with Gasteiger partial charge in [0.15, 0.2) is 5.78 Å². The third kappa shape index (κ3) is 4.04. The van der Waals surface area contributed by atoms with Crippen molar-refractivity contribution in [1.29, 1.82) is 0 Å². The Hall–Kier alpha value is -3.18. The first-order chi connectivity index (χ1) is 18.1. The molecule has 186 valence electrons. The Morgan fingerprint density at radius 3 is 2.38 bits per heavy atom. The summed E-state index contributed by atoms with van der Waals surface area (Å²) in [5.41, 5.74) is 3.80. The predicted octanol–water partition coefficient (Wildman–Crippen LogP) is 7.68. The molecule has 8 rings (SSSR count). The summed E-state index contributed by atoms with van der Waals surface area (Å²) in [6.07, 6.45) is 13.1.